The van der Waals surface area contributed by atoms with Crippen LogP contribution >= 0.6 is 0 Å². The second-order valence-electron chi connectivity index (χ2n) is 5.64. The Bertz CT molecular complexity index is 875. The van der Waals surface area contributed by atoms with Crippen molar-refractivity contribution in [2.45, 2.75) is 13.8 Å². The predicted octanol–water partition coefficient (Wildman–Crippen LogP) is 3.21. The maximum Gasteiger partial charge on any atom is 0.266 e. The van der Waals surface area contributed by atoms with Crippen LogP contribution in [0, 0.1) is 25.2 Å². The molecule has 0 aromatic heterocycles. The highest BCUT2D eigenvalue weighted by atomic mass is 16.2. The fourth-order valence-corrected chi connectivity index (χ4v) is 2.33. The van der Waals surface area contributed by atoms with E-state index in [1.807, 2.05) is 38.1 Å². The summed E-state index contributed by atoms with van der Waals surface area (Å²) in [6.07, 6.45) is 1.49. The fourth-order valence-electron chi connectivity index (χ4n) is 2.33. The zero-order valence-electron chi connectivity index (χ0n) is 14.4. The molecule has 0 radical (unpaired) electrons. The van der Waals surface area contributed by atoms with Gasteiger partial charge in [0, 0.05) is 18.3 Å². The summed E-state index contributed by atoms with van der Waals surface area (Å²) in [6, 6.07) is 14.2. The summed E-state index contributed by atoms with van der Waals surface area (Å²) in [5.74, 6) is -0.659. The maximum absolute atomic E-state index is 12.3. The van der Waals surface area contributed by atoms with Crippen molar-refractivity contribution in [3.8, 4) is 6.07 Å². The molecule has 2 aromatic carbocycles. The van der Waals surface area contributed by atoms with Gasteiger partial charge in [0.1, 0.15) is 11.6 Å². The molecule has 25 heavy (non-hydrogen) atoms. The number of nitrogens with zero attached hydrogens (tertiary/aromatic N) is 1. The predicted molar refractivity (Wildman–Crippen MR) is 98.0 cm³/mol. The highest BCUT2D eigenvalue weighted by Gasteiger charge is 2.11. The van der Waals surface area contributed by atoms with Gasteiger partial charge in [-0.3, -0.25) is 9.59 Å². The summed E-state index contributed by atoms with van der Waals surface area (Å²) in [5.41, 5.74) is 3.88. The number of benzene rings is 2. The summed E-state index contributed by atoms with van der Waals surface area (Å²) >= 11 is 0. The molecule has 126 valence electrons. The van der Waals surface area contributed by atoms with E-state index < -0.39 is 5.91 Å². The molecule has 5 heteroatoms. The Morgan fingerprint density at radius 3 is 2.32 bits per heavy atom. The lowest BCUT2D eigenvalue weighted by molar-refractivity contribution is -0.112. The molecule has 0 heterocycles. The van der Waals surface area contributed by atoms with Gasteiger partial charge in [-0.15, -0.1) is 0 Å². The van der Waals surface area contributed by atoms with Crippen LogP contribution in [-0.4, -0.2) is 18.9 Å². The van der Waals surface area contributed by atoms with E-state index in [1.54, 1.807) is 31.3 Å². The van der Waals surface area contributed by atoms with Crippen LogP contribution in [0.5, 0.6) is 0 Å². The average molecular weight is 333 g/mol. The van der Waals surface area contributed by atoms with Crippen LogP contribution < -0.4 is 10.6 Å². The molecular formula is C20H19N3O2. The van der Waals surface area contributed by atoms with E-state index in [-0.39, 0.29) is 11.5 Å². The quantitative estimate of drug-likeness (QED) is 0.666. The van der Waals surface area contributed by atoms with Crippen molar-refractivity contribution in [3.63, 3.8) is 0 Å². The van der Waals surface area contributed by atoms with Crippen molar-refractivity contribution in [1.29, 1.82) is 5.26 Å². The van der Waals surface area contributed by atoms with E-state index in [4.69, 9.17) is 0 Å². The topological polar surface area (TPSA) is 82.0 Å². The maximum atomic E-state index is 12.3. The van der Waals surface area contributed by atoms with Crippen molar-refractivity contribution >= 4 is 23.6 Å². The van der Waals surface area contributed by atoms with E-state index in [9.17, 15) is 14.9 Å². The van der Waals surface area contributed by atoms with Gasteiger partial charge < -0.3 is 10.6 Å². The number of hydrogen-bond donors (Lipinski definition) is 2. The molecule has 0 aliphatic carbocycles. The number of amides is 2. The summed E-state index contributed by atoms with van der Waals surface area (Å²) in [5, 5.41) is 14.6. The second-order valence-corrected chi connectivity index (χ2v) is 5.64. The van der Waals surface area contributed by atoms with Crippen LogP contribution in [0.2, 0.25) is 0 Å². The highest BCUT2D eigenvalue weighted by Crippen LogP contribution is 2.17. The number of nitrogens with one attached hydrogen (secondary N) is 2. The summed E-state index contributed by atoms with van der Waals surface area (Å²) < 4.78 is 0. The molecule has 0 aliphatic rings. The Hall–Kier alpha value is -3.39. The van der Waals surface area contributed by atoms with Gasteiger partial charge in [0.15, 0.2) is 0 Å². The van der Waals surface area contributed by atoms with Crippen molar-refractivity contribution in [2.75, 3.05) is 12.4 Å². The number of hydrogen-bond acceptors (Lipinski definition) is 3. The first kappa shape index (κ1) is 18.0. The molecule has 0 saturated carbocycles. The number of carbonyl (C=O) groups excluding carboxylic acids is 2. The van der Waals surface area contributed by atoms with Crippen molar-refractivity contribution in [3.05, 3.63) is 70.3 Å². The zero-order valence-corrected chi connectivity index (χ0v) is 14.4. The Balaban J connectivity index is 2.20. The van der Waals surface area contributed by atoms with Gasteiger partial charge in [0.2, 0.25) is 0 Å². The fraction of sp³-hybridized carbons (Fsp3) is 0.150. The summed E-state index contributed by atoms with van der Waals surface area (Å²) in [7, 11) is 1.56. The van der Waals surface area contributed by atoms with E-state index in [0.29, 0.717) is 16.8 Å². The van der Waals surface area contributed by atoms with Crippen LogP contribution in [0.25, 0.3) is 6.08 Å². The van der Waals surface area contributed by atoms with Crippen molar-refractivity contribution in [2.24, 2.45) is 0 Å². The largest absolute Gasteiger partial charge is 0.355 e. The molecule has 5 nitrogen and oxygen atoms in total. The van der Waals surface area contributed by atoms with Gasteiger partial charge in [-0.05, 0) is 49.2 Å². The molecule has 2 rings (SSSR count). The lowest BCUT2D eigenvalue weighted by atomic mass is 10.1. The normalized spacial score (nSPS) is 10.7. The zero-order chi connectivity index (χ0) is 18.4. The number of aryl methyl sites for hydroxylation is 2. The van der Waals surface area contributed by atoms with E-state index >= 15 is 0 Å². The average Bonchev–Trinajstić information content (AvgIpc) is 2.61. The minimum absolute atomic E-state index is 0.00679. The summed E-state index contributed by atoms with van der Waals surface area (Å²) in [4.78, 5) is 23.9. The lowest BCUT2D eigenvalue weighted by Crippen LogP contribution is -2.17. The molecule has 2 N–H and O–H groups in total. The minimum Gasteiger partial charge on any atom is -0.355 e. The third-order valence-electron chi connectivity index (χ3n) is 3.71. The van der Waals surface area contributed by atoms with Crippen molar-refractivity contribution < 1.29 is 9.59 Å². The Morgan fingerprint density at radius 2 is 1.76 bits per heavy atom. The molecular weight excluding hydrogens is 314 g/mol. The van der Waals surface area contributed by atoms with Gasteiger partial charge >= 0.3 is 0 Å². The number of anilines is 1. The second kappa shape index (κ2) is 7.93. The third-order valence-corrected chi connectivity index (χ3v) is 3.71. The highest BCUT2D eigenvalue weighted by molar-refractivity contribution is 6.10. The Morgan fingerprint density at radius 1 is 1.08 bits per heavy atom. The minimum atomic E-state index is -0.468. The van der Waals surface area contributed by atoms with Crippen LogP contribution in [0.1, 0.15) is 27.0 Å². The smallest absolute Gasteiger partial charge is 0.266 e. The van der Waals surface area contributed by atoms with Crippen LogP contribution in [0.15, 0.2) is 48.0 Å². The first-order valence-electron chi connectivity index (χ1n) is 7.77. The molecule has 2 amide bonds. The van der Waals surface area contributed by atoms with Gasteiger partial charge in [-0.1, -0.05) is 29.8 Å². The molecule has 0 fully saturated rings. The van der Waals surface area contributed by atoms with Gasteiger partial charge in [0.05, 0.1) is 0 Å². The van der Waals surface area contributed by atoms with Gasteiger partial charge in [-0.2, -0.15) is 5.26 Å². The number of carbonyl (C=O) groups is 2. The lowest BCUT2D eigenvalue weighted by Gasteiger charge is -2.08. The van der Waals surface area contributed by atoms with Crippen LogP contribution in [0.4, 0.5) is 5.69 Å². The molecule has 0 saturated heterocycles. The van der Waals surface area contributed by atoms with E-state index in [2.05, 4.69) is 10.6 Å². The third kappa shape index (κ3) is 4.55. The Labute approximate surface area is 147 Å². The number of rotatable bonds is 4. The van der Waals surface area contributed by atoms with Gasteiger partial charge in [0.25, 0.3) is 11.8 Å². The van der Waals surface area contributed by atoms with Gasteiger partial charge in [-0.25, -0.2) is 0 Å². The number of nitriles is 1. The molecule has 0 aliphatic heterocycles. The first-order chi connectivity index (χ1) is 11.9. The molecule has 0 bridgehead atoms. The molecule has 0 spiro atoms. The standard InChI is InChI=1S/C20H19N3O2/c1-13-4-9-18(14(2)10-13)23-20(25)17(12-21)11-15-5-7-16(8-6-15)19(24)22-3/h4-11H,1-3H3,(H,22,24)(H,23,25). The summed E-state index contributed by atoms with van der Waals surface area (Å²) in [6.45, 7) is 3.87. The molecule has 0 unspecified atom stereocenters. The Kier molecular flexibility index (Phi) is 5.70. The van der Waals surface area contributed by atoms with Crippen LogP contribution in [-0.2, 0) is 4.79 Å². The van der Waals surface area contributed by atoms with E-state index in [0.717, 1.165) is 11.1 Å². The SMILES string of the molecule is CNC(=O)c1ccc(C=C(C#N)C(=O)Nc2ccc(C)cc2C)cc1. The van der Waals surface area contributed by atoms with Crippen LogP contribution in [0.3, 0.4) is 0 Å². The molecule has 2 aromatic rings. The first-order valence-corrected chi connectivity index (χ1v) is 7.77. The van der Waals surface area contributed by atoms with E-state index in [1.165, 1.54) is 6.08 Å². The monoisotopic (exact) mass is 333 g/mol. The molecule has 0 atom stereocenters. The van der Waals surface area contributed by atoms with Crippen molar-refractivity contribution in [1.82, 2.24) is 5.32 Å².